The third kappa shape index (κ3) is 2.03. The molecule has 1 fully saturated rings. The molecule has 0 bridgehead atoms. The summed E-state index contributed by atoms with van der Waals surface area (Å²) >= 11 is 0. The third-order valence-corrected chi connectivity index (χ3v) is 3.03. The van der Waals surface area contributed by atoms with Crippen LogP contribution < -0.4 is 10.6 Å². The van der Waals surface area contributed by atoms with E-state index < -0.39 is 6.10 Å². The SMILES string of the molecule is NCC(O)c1c(F)cccc1N1CCCC1. The second kappa shape index (κ2) is 4.80. The summed E-state index contributed by atoms with van der Waals surface area (Å²) in [7, 11) is 0. The van der Waals surface area contributed by atoms with Crippen molar-refractivity contribution in [2.75, 3.05) is 24.5 Å². The first-order valence-corrected chi connectivity index (χ1v) is 5.65. The Morgan fingerprint density at radius 3 is 2.69 bits per heavy atom. The fraction of sp³-hybridized carbons (Fsp3) is 0.500. The summed E-state index contributed by atoms with van der Waals surface area (Å²) in [6.45, 7) is 1.89. The Bertz CT molecular complexity index is 364. The van der Waals surface area contributed by atoms with Crippen LogP contribution in [-0.2, 0) is 0 Å². The van der Waals surface area contributed by atoms with E-state index in [4.69, 9.17) is 5.73 Å². The van der Waals surface area contributed by atoms with Crippen LogP contribution in [0.15, 0.2) is 18.2 Å². The molecule has 0 radical (unpaired) electrons. The molecule has 1 aromatic rings. The number of nitrogens with zero attached hydrogens (tertiary/aromatic N) is 1. The van der Waals surface area contributed by atoms with E-state index in [1.165, 1.54) is 6.07 Å². The van der Waals surface area contributed by atoms with Crippen LogP contribution in [0, 0.1) is 5.82 Å². The molecule has 3 N–H and O–H groups in total. The molecule has 0 aliphatic carbocycles. The van der Waals surface area contributed by atoms with Crippen LogP contribution in [0.2, 0.25) is 0 Å². The summed E-state index contributed by atoms with van der Waals surface area (Å²) in [5, 5.41) is 9.76. The van der Waals surface area contributed by atoms with Crippen molar-refractivity contribution in [3.8, 4) is 0 Å². The topological polar surface area (TPSA) is 49.5 Å². The van der Waals surface area contributed by atoms with Crippen molar-refractivity contribution in [2.45, 2.75) is 18.9 Å². The second-order valence-electron chi connectivity index (χ2n) is 4.12. The Morgan fingerprint density at radius 1 is 1.38 bits per heavy atom. The summed E-state index contributed by atoms with van der Waals surface area (Å²) in [5.74, 6) is -0.373. The maximum Gasteiger partial charge on any atom is 0.131 e. The lowest BCUT2D eigenvalue weighted by atomic mass is 10.1. The van der Waals surface area contributed by atoms with Crippen molar-refractivity contribution in [3.63, 3.8) is 0 Å². The van der Waals surface area contributed by atoms with E-state index in [1.54, 1.807) is 6.07 Å². The quantitative estimate of drug-likeness (QED) is 0.816. The Hall–Kier alpha value is -1.13. The molecule has 3 nitrogen and oxygen atoms in total. The smallest absolute Gasteiger partial charge is 0.131 e. The number of hydrogen-bond acceptors (Lipinski definition) is 3. The van der Waals surface area contributed by atoms with Gasteiger partial charge in [0.2, 0.25) is 0 Å². The fourth-order valence-electron chi connectivity index (χ4n) is 2.21. The van der Waals surface area contributed by atoms with Gasteiger partial charge >= 0.3 is 0 Å². The predicted octanol–water partition coefficient (Wildman–Crippen LogP) is 1.42. The van der Waals surface area contributed by atoms with Crippen LogP contribution >= 0.6 is 0 Å². The van der Waals surface area contributed by atoms with Gasteiger partial charge in [-0.15, -0.1) is 0 Å². The van der Waals surface area contributed by atoms with E-state index in [1.807, 2.05) is 6.07 Å². The van der Waals surface area contributed by atoms with Gasteiger partial charge in [-0.1, -0.05) is 6.07 Å². The minimum atomic E-state index is -0.920. The van der Waals surface area contributed by atoms with Gasteiger partial charge in [-0.2, -0.15) is 0 Å². The van der Waals surface area contributed by atoms with Crippen molar-refractivity contribution in [1.29, 1.82) is 0 Å². The van der Waals surface area contributed by atoms with Crippen LogP contribution in [0.1, 0.15) is 24.5 Å². The highest BCUT2D eigenvalue weighted by Gasteiger charge is 2.21. The van der Waals surface area contributed by atoms with Crippen LogP contribution in [-0.4, -0.2) is 24.7 Å². The van der Waals surface area contributed by atoms with Gasteiger partial charge in [-0.05, 0) is 25.0 Å². The third-order valence-electron chi connectivity index (χ3n) is 3.03. The molecular weight excluding hydrogens is 207 g/mol. The van der Waals surface area contributed by atoms with Crippen molar-refractivity contribution in [1.82, 2.24) is 0 Å². The van der Waals surface area contributed by atoms with E-state index in [2.05, 4.69) is 4.90 Å². The standard InChI is InChI=1S/C12H17FN2O/c13-9-4-3-5-10(12(9)11(16)8-14)15-6-1-2-7-15/h3-5,11,16H,1-2,6-8,14H2. The maximum absolute atomic E-state index is 13.7. The number of anilines is 1. The van der Waals surface area contributed by atoms with Crippen molar-refractivity contribution >= 4 is 5.69 Å². The van der Waals surface area contributed by atoms with E-state index in [-0.39, 0.29) is 12.4 Å². The molecule has 1 heterocycles. The van der Waals surface area contributed by atoms with Gasteiger partial charge in [0.1, 0.15) is 5.82 Å². The Balaban J connectivity index is 2.38. The second-order valence-corrected chi connectivity index (χ2v) is 4.12. The van der Waals surface area contributed by atoms with E-state index in [9.17, 15) is 9.50 Å². The minimum Gasteiger partial charge on any atom is -0.387 e. The zero-order chi connectivity index (χ0) is 11.5. The predicted molar refractivity (Wildman–Crippen MR) is 61.9 cm³/mol. The first kappa shape index (κ1) is 11.4. The number of benzene rings is 1. The molecule has 1 unspecified atom stereocenters. The number of aliphatic hydroxyl groups excluding tert-OH is 1. The average Bonchev–Trinajstić information content (AvgIpc) is 2.81. The van der Waals surface area contributed by atoms with Gasteiger partial charge in [0.05, 0.1) is 6.10 Å². The largest absolute Gasteiger partial charge is 0.387 e. The maximum atomic E-state index is 13.7. The number of nitrogens with two attached hydrogens (primary N) is 1. The molecule has 1 atom stereocenters. The van der Waals surface area contributed by atoms with Crippen molar-refractivity contribution in [3.05, 3.63) is 29.6 Å². The molecule has 0 spiro atoms. The molecule has 0 saturated carbocycles. The van der Waals surface area contributed by atoms with Gasteiger partial charge in [0.15, 0.2) is 0 Å². The van der Waals surface area contributed by atoms with E-state index in [0.29, 0.717) is 5.56 Å². The molecule has 1 saturated heterocycles. The highest BCUT2D eigenvalue weighted by molar-refractivity contribution is 5.55. The average molecular weight is 224 g/mol. The molecule has 4 heteroatoms. The summed E-state index contributed by atoms with van der Waals surface area (Å²) in [6.07, 6.45) is 1.32. The normalized spacial score (nSPS) is 17.8. The number of aliphatic hydroxyl groups is 1. The molecule has 1 aliphatic heterocycles. The minimum absolute atomic E-state index is 0.0434. The van der Waals surface area contributed by atoms with E-state index in [0.717, 1.165) is 31.6 Å². The fourth-order valence-corrected chi connectivity index (χ4v) is 2.21. The van der Waals surface area contributed by atoms with Gasteiger partial charge in [-0.25, -0.2) is 4.39 Å². The zero-order valence-corrected chi connectivity index (χ0v) is 9.19. The number of halogens is 1. The molecule has 1 aliphatic rings. The molecule has 2 rings (SSSR count). The Labute approximate surface area is 94.7 Å². The van der Waals surface area contributed by atoms with Crippen LogP contribution in [0.25, 0.3) is 0 Å². The van der Waals surface area contributed by atoms with Crippen molar-refractivity contribution in [2.24, 2.45) is 5.73 Å². The van der Waals surface area contributed by atoms with Crippen LogP contribution in [0.3, 0.4) is 0 Å². The Morgan fingerprint density at radius 2 is 2.06 bits per heavy atom. The molecule has 1 aromatic carbocycles. The molecule has 0 amide bonds. The van der Waals surface area contributed by atoms with Gasteiger partial charge < -0.3 is 15.7 Å². The Kier molecular flexibility index (Phi) is 3.41. The van der Waals surface area contributed by atoms with Gasteiger partial charge in [0, 0.05) is 30.9 Å². The highest BCUT2D eigenvalue weighted by Crippen LogP contribution is 2.30. The molecule has 16 heavy (non-hydrogen) atoms. The summed E-state index contributed by atoms with van der Waals surface area (Å²) < 4.78 is 13.7. The van der Waals surface area contributed by atoms with Crippen LogP contribution in [0.5, 0.6) is 0 Å². The van der Waals surface area contributed by atoms with Crippen molar-refractivity contribution < 1.29 is 9.50 Å². The van der Waals surface area contributed by atoms with E-state index >= 15 is 0 Å². The lowest BCUT2D eigenvalue weighted by molar-refractivity contribution is 0.182. The number of rotatable bonds is 3. The van der Waals surface area contributed by atoms with Crippen LogP contribution in [0.4, 0.5) is 10.1 Å². The summed E-state index contributed by atoms with van der Waals surface area (Å²) in [6, 6.07) is 4.89. The monoisotopic (exact) mass is 224 g/mol. The summed E-state index contributed by atoms with van der Waals surface area (Å²) in [5.41, 5.74) is 6.53. The summed E-state index contributed by atoms with van der Waals surface area (Å²) in [4.78, 5) is 2.11. The molecule has 88 valence electrons. The zero-order valence-electron chi connectivity index (χ0n) is 9.19. The highest BCUT2D eigenvalue weighted by atomic mass is 19.1. The molecule has 0 aromatic heterocycles. The number of hydrogen-bond donors (Lipinski definition) is 2. The first-order valence-electron chi connectivity index (χ1n) is 5.65. The lowest BCUT2D eigenvalue weighted by Crippen LogP contribution is -2.23. The first-order chi connectivity index (χ1) is 7.74. The van der Waals surface area contributed by atoms with Gasteiger partial charge in [-0.3, -0.25) is 0 Å². The lowest BCUT2D eigenvalue weighted by Gasteiger charge is -2.23. The van der Waals surface area contributed by atoms with Gasteiger partial charge in [0.25, 0.3) is 0 Å². The molecular formula is C12H17FN2O.